The fraction of sp³-hybridized carbons (Fsp3) is 0.385. The van der Waals surface area contributed by atoms with Gasteiger partial charge in [-0.3, -0.25) is 9.59 Å². The summed E-state index contributed by atoms with van der Waals surface area (Å²) in [5.74, 6) is -1.47. The number of hydrogen-bond acceptors (Lipinski definition) is 5. The second kappa shape index (κ2) is 6.23. The Bertz CT molecular complexity index is 625. The number of rotatable bonds is 6. The van der Waals surface area contributed by atoms with Gasteiger partial charge in [0.2, 0.25) is 5.91 Å². The molecule has 0 aromatic heterocycles. The van der Waals surface area contributed by atoms with Crippen LogP contribution in [0.2, 0.25) is 0 Å². The number of sulfonamides is 1. The Morgan fingerprint density at radius 3 is 2.43 bits per heavy atom. The van der Waals surface area contributed by atoms with Gasteiger partial charge in [0.25, 0.3) is 10.0 Å². The van der Waals surface area contributed by atoms with E-state index in [-0.39, 0.29) is 10.8 Å². The van der Waals surface area contributed by atoms with E-state index in [0.29, 0.717) is 17.3 Å². The molecule has 0 aliphatic heterocycles. The van der Waals surface area contributed by atoms with Gasteiger partial charge in [0.15, 0.2) is 0 Å². The van der Waals surface area contributed by atoms with Gasteiger partial charge in [0, 0.05) is 7.05 Å². The van der Waals surface area contributed by atoms with E-state index in [9.17, 15) is 18.0 Å². The molecule has 1 aliphatic rings. The fourth-order valence-electron chi connectivity index (χ4n) is 1.57. The molecular weight excluding hydrogens is 296 g/mol. The van der Waals surface area contributed by atoms with Crippen LogP contribution in [-0.4, -0.2) is 38.4 Å². The molecule has 21 heavy (non-hydrogen) atoms. The molecule has 1 aromatic carbocycles. The van der Waals surface area contributed by atoms with Crippen LogP contribution in [0.5, 0.6) is 0 Å². The van der Waals surface area contributed by atoms with E-state index in [1.807, 2.05) is 0 Å². The third-order valence-corrected chi connectivity index (χ3v) is 4.57. The van der Waals surface area contributed by atoms with Crippen molar-refractivity contribution in [2.24, 2.45) is 5.92 Å². The summed E-state index contributed by atoms with van der Waals surface area (Å²) in [7, 11) is -2.70. The molecule has 2 rings (SSSR count). The first-order chi connectivity index (χ1) is 9.95. The summed E-state index contributed by atoms with van der Waals surface area (Å²) in [5, 5.41) is 2.30. The third kappa shape index (κ3) is 3.79. The summed E-state index contributed by atoms with van der Waals surface area (Å²) in [6, 6.07) is 7.51. The van der Waals surface area contributed by atoms with Gasteiger partial charge in [-0.05, 0) is 29.4 Å². The van der Waals surface area contributed by atoms with Crippen molar-refractivity contribution in [2.75, 3.05) is 13.6 Å². The minimum absolute atomic E-state index is 0.0440. The van der Waals surface area contributed by atoms with Gasteiger partial charge in [0.1, 0.15) is 6.54 Å². The van der Waals surface area contributed by atoms with Crippen molar-refractivity contribution >= 4 is 21.9 Å². The van der Waals surface area contributed by atoms with E-state index < -0.39 is 28.4 Å². The zero-order valence-corrected chi connectivity index (χ0v) is 12.3. The Morgan fingerprint density at radius 2 is 1.90 bits per heavy atom. The molecular formula is C13H16N2O5S. The number of benzene rings is 1. The zero-order chi connectivity index (χ0) is 15.5. The third-order valence-electron chi connectivity index (χ3n) is 2.96. The predicted molar refractivity (Wildman–Crippen MR) is 73.2 cm³/mol. The highest BCUT2D eigenvalue weighted by Crippen LogP contribution is 2.31. The number of likely N-dealkylation sites (N-methyl/N-ethyl adjacent to an activating group) is 1. The lowest BCUT2D eigenvalue weighted by Gasteiger charge is -2.20. The van der Waals surface area contributed by atoms with Crippen LogP contribution in [0.15, 0.2) is 35.2 Å². The molecule has 1 N–H and O–H groups in total. The van der Waals surface area contributed by atoms with Crippen LogP contribution in [-0.2, 0) is 24.4 Å². The number of nitrogens with one attached hydrogen (secondary N) is 1. The largest absolute Gasteiger partial charge is 0.358 e. The molecule has 1 amide bonds. The van der Waals surface area contributed by atoms with Gasteiger partial charge in [-0.2, -0.15) is 0 Å². The second-order valence-corrected chi connectivity index (χ2v) is 6.47. The SMILES string of the molecule is CNC(=O)CN(OC(=O)C1CC1)S(=O)(=O)c1ccccc1. The first-order valence-corrected chi connectivity index (χ1v) is 7.89. The molecule has 0 spiro atoms. The Kier molecular flexibility index (Phi) is 4.59. The van der Waals surface area contributed by atoms with Gasteiger partial charge in [-0.25, -0.2) is 8.42 Å². The topological polar surface area (TPSA) is 92.8 Å². The van der Waals surface area contributed by atoms with Crippen LogP contribution in [0.1, 0.15) is 12.8 Å². The molecule has 1 fully saturated rings. The molecule has 0 unspecified atom stereocenters. The quantitative estimate of drug-likeness (QED) is 0.762. The van der Waals surface area contributed by atoms with E-state index in [1.165, 1.54) is 19.2 Å². The van der Waals surface area contributed by atoms with E-state index in [1.54, 1.807) is 18.2 Å². The maximum absolute atomic E-state index is 12.4. The standard InChI is InChI=1S/C13H16N2O5S/c1-14-12(16)9-15(20-13(17)10-7-8-10)21(18,19)11-5-3-2-4-6-11/h2-6,10H,7-9H2,1H3,(H,14,16). The van der Waals surface area contributed by atoms with Crippen LogP contribution in [0.4, 0.5) is 0 Å². The number of carbonyl (C=O) groups excluding carboxylic acids is 2. The van der Waals surface area contributed by atoms with Crippen molar-refractivity contribution in [1.82, 2.24) is 9.79 Å². The molecule has 1 saturated carbocycles. The first-order valence-electron chi connectivity index (χ1n) is 6.45. The smallest absolute Gasteiger partial charge is 0.329 e. The van der Waals surface area contributed by atoms with Gasteiger partial charge < -0.3 is 10.2 Å². The summed E-state index contributed by atoms with van der Waals surface area (Å²) in [6.07, 6.45) is 1.36. The molecule has 0 heterocycles. The molecule has 8 heteroatoms. The lowest BCUT2D eigenvalue weighted by molar-refractivity contribution is -0.172. The molecule has 0 atom stereocenters. The summed E-state index contributed by atoms with van der Waals surface area (Å²) < 4.78 is 25.3. The van der Waals surface area contributed by atoms with Crippen molar-refractivity contribution in [2.45, 2.75) is 17.7 Å². The highest BCUT2D eigenvalue weighted by atomic mass is 32.2. The minimum Gasteiger partial charge on any atom is -0.358 e. The second-order valence-electron chi connectivity index (χ2n) is 4.64. The first kappa shape index (κ1) is 15.5. The van der Waals surface area contributed by atoms with Crippen molar-refractivity contribution in [1.29, 1.82) is 0 Å². The van der Waals surface area contributed by atoms with E-state index in [4.69, 9.17) is 4.84 Å². The Hall–Kier alpha value is -1.93. The van der Waals surface area contributed by atoms with Crippen molar-refractivity contribution < 1.29 is 22.8 Å². The average Bonchev–Trinajstić information content (AvgIpc) is 3.31. The molecule has 0 bridgehead atoms. The minimum atomic E-state index is -4.08. The monoisotopic (exact) mass is 312 g/mol. The van der Waals surface area contributed by atoms with E-state index in [0.717, 1.165) is 0 Å². The number of hydroxylamine groups is 1. The molecule has 1 aromatic rings. The lowest BCUT2D eigenvalue weighted by atomic mass is 10.4. The Morgan fingerprint density at radius 1 is 1.29 bits per heavy atom. The molecule has 0 radical (unpaired) electrons. The van der Waals surface area contributed by atoms with Crippen LogP contribution >= 0.6 is 0 Å². The molecule has 114 valence electrons. The van der Waals surface area contributed by atoms with E-state index >= 15 is 0 Å². The Labute approximate surface area is 122 Å². The maximum atomic E-state index is 12.4. The van der Waals surface area contributed by atoms with Gasteiger partial charge in [-0.1, -0.05) is 18.2 Å². The van der Waals surface area contributed by atoms with Gasteiger partial charge in [-0.15, -0.1) is 0 Å². The van der Waals surface area contributed by atoms with Crippen LogP contribution in [0.25, 0.3) is 0 Å². The van der Waals surface area contributed by atoms with E-state index in [2.05, 4.69) is 5.32 Å². The van der Waals surface area contributed by atoms with Crippen molar-refractivity contribution in [3.8, 4) is 0 Å². The fourth-order valence-corrected chi connectivity index (χ4v) is 2.76. The Balaban J connectivity index is 2.24. The van der Waals surface area contributed by atoms with Crippen molar-refractivity contribution in [3.05, 3.63) is 30.3 Å². The van der Waals surface area contributed by atoms with Crippen LogP contribution < -0.4 is 5.32 Å². The average molecular weight is 312 g/mol. The normalized spacial score (nSPS) is 14.8. The van der Waals surface area contributed by atoms with Crippen molar-refractivity contribution in [3.63, 3.8) is 0 Å². The summed E-state index contributed by atoms with van der Waals surface area (Å²) >= 11 is 0. The van der Waals surface area contributed by atoms with Gasteiger partial charge >= 0.3 is 5.97 Å². The molecule has 0 saturated heterocycles. The number of hydrogen-bond donors (Lipinski definition) is 1. The number of nitrogens with zero attached hydrogens (tertiary/aromatic N) is 1. The predicted octanol–water partition coefficient (Wildman–Crippen LogP) is 0.291. The summed E-state index contributed by atoms with van der Waals surface area (Å²) in [5.41, 5.74) is 0. The van der Waals surface area contributed by atoms with Crippen LogP contribution in [0.3, 0.4) is 0 Å². The number of carbonyl (C=O) groups is 2. The molecule has 7 nitrogen and oxygen atoms in total. The summed E-state index contributed by atoms with van der Waals surface area (Å²) in [6.45, 7) is -0.577. The highest BCUT2D eigenvalue weighted by Gasteiger charge is 2.37. The van der Waals surface area contributed by atoms with Crippen LogP contribution in [0, 0.1) is 5.92 Å². The highest BCUT2D eigenvalue weighted by molar-refractivity contribution is 7.89. The zero-order valence-electron chi connectivity index (χ0n) is 11.5. The maximum Gasteiger partial charge on any atom is 0.329 e. The number of amides is 1. The molecule has 1 aliphatic carbocycles. The summed E-state index contributed by atoms with van der Waals surface area (Å²) in [4.78, 5) is 28.0. The van der Waals surface area contributed by atoms with Gasteiger partial charge in [0.05, 0.1) is 10.8 Å². The lowest BCUT2D eigenvalue weighted by Crippen LogP contribution is -2.41.